The van der Waals surface area contributed by atoms with Crippen LogP contribution in [0.25, 0.3) is 0 Å². The van der Waals surface area contributed by atoms with E-state index in [2.05, 4.69) is 30.9 Å². The lowest BCUT2D eigenvalue weighted by Gasteiger charge is -2.15. The molecule has 0 aliphatic carbocycles. The number of benzene rings is 1. The van der Waals surface area contributed by atoms with Crippen LogP contribution in [0.4, 0.5) is 5.69 Å². The predicted molar refractivity (Wildman–Crippen MR) is 66.1 cm³/mol. The summed E-state index contributed by atoms with van der Waals surface area (Å²) in [5.74, 6) is 0. The average molecular weight is 220 g/mol. The van der Waals surface area contributed by atoms with Crippen LogP contribution < -0.4 is 5.73 Å². The van der Waals surface area contributed by atoms with E-state index in [0.717, 1.165) is 31.9 Å². The first-order valence-electron chi connectivity index (χ1n) is 5.86. The van der Waals surface area contributed by atoms with Crippen LogP contribution >= 0.6 is 0 Å². The first kappa shape index (κ1) is 11.4. The van der Waals surface area contributed by atoms with E-state index in [-0.39, 0.29) is 0 Å². The maximum absolute atomic E-state index is 5.77. The van der Waals surface area contributed by atoms with E-state index in [9.17, 15) is 0 Å². The van der Waals surface area contributed by atoms with E-state index in [4.69, 9.17) is 10.5 Å². The monoisotopic (exact) mass is 220 g/mol. The molecule has 0 unspecified atom stereocenters. The van der Waals surface area contributed by atoms with Crippen LogP contribution in [0.1, 0.15) is 25.0 Å². The predicted octanol–water partition coefficient (Wildman–Crippen LogP) is 2.01. The van der Waals surface area contributed by atoms with Crippen molar-refractivity contribution in [3.05, 3.63) is 29.3 Å². The fourth-order valence-corrected chi connectivity index (χ4v) is 2.06. The van der Waals surface area contributed by atoms with Gasteiger partial charge >= 0.3 is 0 Å². The Balaban J connectivity index is 1.86. The topological polar surface area (TPSA) is 38.5 Å². The molecule has 1 aromatic carbocycles. The highest BCUT2D eigenvalue weighted by atomic mass is 16.5. The van der Waals surface area contributed by atoms with Crippen LogP contribution in [0, 0.1) is 0 Å². The van der Waals surface area contributed by atoms with Gasteiger partial charge in [0.2, 0.25) is 0 Å². The first-order chi connectivity index (χ1) is 7.65. The third-order valence-electron chi connectivity index (χ3n) is 2.88. The highest BCUT2D eigenvalue weighted by Gasteiger charge is 2.18. The Labute approximate surface area is 97.2 Å². The lowest BCUT2D eigenvalue weighted by atomic mass is 10.1. The van der Waals surface area contributed by atoms with Crippen molar-refractivity contribution in [3.8, 4) is 0 Å². The third kappa shape index (κ3) is 2.74. The van der Waals surface area contributed by atoms with Gasteiger partial charge in [-0.25, -0.2) is 0 Å². The molecule has 1 heterocycles. The van der Waals surface area contributed by atoms with E-state index in [1.54, 1.807) is 0 Å². The van der Waals surface area contributed by atoms with Gasteiger partial charge in [0.25, 0.3) is 0 Å². The number of rotatable bonds is 4. The highest BCUT2D eigenvalue weighted by molar-refractivity contribution is 5.46. The van der Waals surface area contributed by atoms with E-state index >= 15 is 0 Å². The molecule has 0 bridgehead atoms. The molecule has 1 aliphatic heterocycles. The number of nitrogens with two attached hydrogens (primary N) is 1. The summed E-state index contributed by atoms with van der Waals surface area (Å²) < 4.78 is 5.56. The molecule has 16 heavy (non-hydrogen) atoms. The van der Waals surface area contributed by atoms with Gasteiger partial charge in [0, 0.05) is 25.3 Å². The molecule has 0 atom stereocenters. The van der Waals surface area contributed by atoms with E-state index in [1.807, 2.05) is 6.07 Å². The smallest absolute Gasteiger partial charge is 0.0597 e. The Bertz CT molecular complexity index is 363. The van der Waals surface area contributed by atoms with Gasteiger partial charge < -0.3 is 10.5 Å². The SMILES string of the molecule is CC(C)OCCN1Cc2ccc(N)cc2C1. The van der Waals surface area contributed by atoms with Crippen molar-refractivity contribution in [1.29, 1.82) is 0 Å². The maximum Gasteiger partial charge on any atom is 0.0597 e. The zero-order chi connectivity index (χ0) is 11.5. The first-order valence-corrected chi connectivity index (χ1v) is 5.86. The van der Waals surface area contributed by atoms with Crippen LogP contribution in [0.15, 0.2) is 18.2 Å². The molecular weight excluding hydrogens is 200 g/mol. The van der Waals surface area contributed by atoms with Gasteiger partial charge in [-0.2, -0.15) is 0 Å². The largest absolute Gasteiger partial charge is 0.399 e. The minimum absolute atomic E-state index is 0.320. The fourth-order valence-electron chi connectivity index (χ4n) is 2.06. The van der Waals surface area contributed by atoms with Crippen LogP contribution in [0.3, 0.4) is 0 Å². The number of hydrogen-bond donors (Lipinski definition) is 1. The van der Waals surface area contributed by atoms with Crippen LogP contribution in [0.5, 0.6) is 0 Å². The third-order valence-corrected chi connectivity index (χ3v) is 2.88. The molecule has 0 fully saturated rings. The Hall–Kier alpha value is -1.06. The second-order valence-corrected chi connectivity index (χ2v) is 4.66. The van der Waals surface area contributed by atoms with E-state index in [0.29, 0.717) is 6.10 Å². The molecule has 2 N–H and O–H groups in total. The van der Waals surface area contributed by atoms with Crippen molar-refractivity contribution in [2.24, 2.45) is 0 Å². The molecule has 1 aliphatic rings. The van der Waals surface area contributed by atoms with Crippen molar-refractivity contribution in [1.82, 2.24) is 4.90 Å². The molecule has 2 rings (SSSR count). The quantitative estimate of drug-likeness (QED) is 0.789. The second kappa shape index (κ2) is 4.85. The molecule has 0 amide bonds. The molecular formula is C13H20N2O. The fraction of sp³-hybridized carbons (Fsp3) is 0.538. The molecule has 3 heteroatoms. The Morgan fingerprint density at radius 2 is 2.06 bits per heavy atom. The van der Waals surface area contributed by atoms with Crippen molar-refractivity contribution >= 4 is 5.69 Å². The van der Waals surface area contributed by atoms with Gasteiger partial charge in [0.1, 0.15) is 0 Å². The summed E-state index contributed by atoms with van der Waals surface area (Å²) in [6.07, 6.45) is 0.320. The number of ether oxygens (including phenoxy) is 1. The van der Waals surface area contributed by atoms with Gasteiger partial charge in [0.15, 0.2) is 0 Å². The molecule has 1 aromatic rings. The molecule has 0 saturated heterocycles. The highest BCUT2D eigenvalue weighted by Crippen LogP contribution is 2.24. The Morgan fingerprint density at radius 3 is 2.81 bits per heavy atom. The van der Waals surface area contributed by atoms with Crippen LogP contribution in [0.2, 0.25) is 0 Å². The summed E-state index contributed by atoms with van der Waals surface area (Å²) in [5, 5.41) is 0. The minimum Gasteiger partial charge on any atom is -0.399 e. The summed E-state index contributed by atoms with van der Waals surface area (Å²) in [7, 11) is 0. The maximum atomic E-state index is 5.77. The molecule has 0 radical (unpaired) electrons. The van der Waals surface area contributed by atoms with Gasteiger partial charge in [0.05, 0.1) is 12.7 Å². The summed E-state index contributed by atoms with van der Waals surface area (Å²) in [6, 6.07) is 6.19. The molecule has 88 valence electrons. The standard InChI is InChI=1S/C13H20N2O/c1-10(2)16-6-5-15-8-11-3-4-13(14)7-12(11)9-15/h3-4,7,10H,5-6,8-9,14H2,1-2H3. The molecule has 3 nitrogen and oxygen atoms in total. The second-order valence-electron chi connectivity index (χ2n) is 4.66. The summed E-state index contributed by atoms with van der Waals surface area (Å²) in [4.78, 5) is 2.40. The number of nitrogens with zero attached hydrogens (tertiary/aromatic N) is 1. The molecule has 0 aromatic heterocycles. The van der Waals surface area contributed by atoms with Crippen molar-refractivity contribution < 1.29 is 4.74 Å². The zero-order valence-corrected chi connectivity index (χ0v) is 10.1. The molecule has 0 saturated carbocycles. The number of nitrogen functional groups attached to an aromatic ring is 1. The van der Waals surface area contributed by atoms with Crippen LogP contribution in [-0.4, -0.2) is 24.2 Å². The van der Waals surface area contributed by atoms with E-state index in [1.165, 1.54) is 11.1 Å². The van der Waals surface area contributed by atoms with Gasteiger partial charge in [-0.3, -0.25) is 4.90 Å². The van der Waals surface area contributed by atoms with E-state index < -0.39 is 0 Å². The average Bonchev–Trinajstić information content (AvgIpc) is 2.58. The van der Waals surface area contributed by atoms with Crippen molar-refractivity contribution in [2.75, 3.05) is 18.9 Å². The van der Waals surface area contributed by atoms with Gasteiger partial charge in [-0.05, 0) is 37.1 Å². The lowest BCUT2D eigenvalue weighted by Crippen LogP contribution is -2.23. The zero-order valence-electron chi connectivity index (χ0n) is 10.1. The van der Waals surface area contributed by atoms with Gasteiger partial charge in [-0.15, -0.1) is 0 Å². The summed E-state index contributed by atoms with van der Waals surface area (Å²) >= 11 is 0. The number of hydrogen-bond acceptors (Lipinski definition) is 3. The minimum atomic E-state index is 0.320. The molecule has 0 spiro atoms. The number of anilines is 1. The lowest BCUT2D eigenvalue weighted by molar-refractivity contribution is 0.0584. The normalized spacial score (nSPS) is 15.7. The van der Waals surface area contributed by atoms with Crippen molar-refractivity contribution in [2.45, 2.75) is 33.0 Å². The van der Waals surface area contributed by atoms with Crippen LogP contribution in [-0.2, 0) is 17.8 Å². The summed E-state index contributed by atoms with van der Waals surface area (Å²) in [6.45, 7) is 7.96. The summed E-state index contributed by atoms with van der Waals surface area (Å²) in [5.41, 5.74) is 9.40. The number of fused-ring (bicyclic) bond motifs is 1. The Morgan fingerprint density at radius 1 is 1.31 bits per heavy atom. The van der Waals surface area contributed by atoms with Gasteiger partial charge in [-0.1, -0.05) is 6.07 Å². The Kier molecular flexibility index (Phi) is 3.46. The van der Waals surface area contributed by atoms with Crippen molar-refractivity contribution in [3.63, 3.8) is 0 Å².